The summed E-state index contributed by atoms with van der Waals surface area (Å²) in [5, 5.41) is 18.0. The standard InChI is InChI=1S/C13H12F3NO4/c14-13(15,16)9-3-1-7(2-4-9)8-5-10(11(18)19)17(6-8)12(20)21/h1-4,8,10H,5-6H2,(H,18,19)(H,20,21)/t8?,10-/m1/s1. The summed E-state index contributed by atoms with van der Waals surface area (Å²) in [5.74, 6) is -1.68. The molecule has 0 aromatic heterocycles. The fourth-order valence-electron chi connectivity index (χ4n) is 2.47. The third kappa shape index (κ3) is 3.09. The van der Waals surface area contributed by atoms with Crippen LogP contribution in [0.1, 0.15) is 23.5 Å². The van der Waals surface area contributed by atoms with Gasteiger partial charge in [-0.15, -0.1) is 0 Å². The minimum atomic E-state index is -4.44. The Morgan fingerprint density at radius 1 is 1.14 bits per heavy atom. The van der Waals surface area contributed by atoms with Gasteiger partial charge in [0.1, 0.15) is 6.04 Å². The maximum Gasteiger partial charge on any atom is 0.416 e. The molecular weight excluding hydrogens is 291 g/mol. The molecule has 8 heteroatoms. The van der Waals surface area contributed by atoms with Crippen molar-refractivity contribution >= 4 is 12.1 Å². The van der Waals surface area contributed by atoms with Crippen LogP contribution in [0.15, 0.2) is 24.3 Å². The van der Waals surface area contributed by atoms with Gasteiger partial charge in [-0.05, 0) is 24.1 Å². The van der Waals surface area contributed by atoms with Crippen molar-refractivity contribution in [3.05, 3.63) is 35.4 Å². The fourth-order valence-corrected chi connectivity index (χ4v) is 2.47. The second-order valence-electron chi connectivity index (χ2n) is 4.84. The van der Waals surface area contributed by atoms with E-state index in [1.54, 1.807) is 0 Å². The zero-order valence-electron chi connectivity index (χ0n) is 10.7. The predicted octanol–water partition coefficient (Wildman–Crippen LogP) is 2.63. The first-order valence-corrected chi connectivity index (χ1v) is 6.09. The molecule has 114 valence electrons. The van der Waals surface area contributed by atoms with Crippen molar-refractivity contribution in [3.8, 4) is 0 Å². The summed E-state index contributed by atoms with van der Waals surface area (Å²) in [5.41, 5.74) is -0.299. The Morgan fingerprint density at radius 3 is 2.10 bits per heavy atom. The lowest BCUT2D eigenvalue weighted by molar-refractivity contribution is -0.141. The molecule has 0 bridgehead atoms. The van der Waals surface area contributed by atoms with Gasteiger partial charge in [0.25, 0.3) is 0 Å². The largest absolute Gasteiger partial charge is 0.480 e. The van der Waals surface area contributed by atoms with Crippen LogP contribution in [0.5, 0.6) is 0 Å². The molecule has 1 aromatic rings. The van der Waals surface area contributed by atoms with Crippen molar-refractivity contribution in [2.45, 2.75) is 24.6 Å². The van der Waals surface area contributed by atoms with E-state index in [1.165, 1.54) is 12.1 Å². The van der Waals surface area contributed by atoms with Crippen LogP contribution in [0.2, 0.25) is 0 Å². The van der Waals surface area contributed by atoms with Gasteiger partial charge in [0.2, 0.25) is 0 Å². The Bertz CT molecular complexity index is 534. The normalized spacial score (nSPS) is 22.3. The molecule has 1 fully saturated rings. The molecule has 0 spiro atoms. The van der Waals surface area contributed by atoms with Crippen molar-refractivity contribution in [2.24, 2.45) is 0 Å². The molecule has 1 saturated heterocycles. The Labute approximate surface area is 117 Å². The molecule has 0 aliphatic carbocycles. The zero-order chi connectivity index (χ0) is 15.8. The van der Waals surface area contributed by atoms with Crippen LogP contribution in [0.25, 0.3) is 0 Å². The summed E-state index contributed by atoms with van der Waals surface area (Å²) in [6.45, 7) is -0.0440. The highest BCUT2D eigenvalue weighted by atomic mass is 19.4. The summed E-state index contributed by atoms with van der Waals surface area (Å²) in [4.78, 5) is 22.8. The maximum atomic E-state index is 12.5. The topological polar surface area (TPSA) is 77.8 Å². The summed E-state index contributed by atoms with van der Waals surface area (Å²) in [6.07, 6.45) is -5.74. The van der Waals surface area contributed by atoms with Gasteiger partial charge >= 0.3 is 18.2 Å². The molecule has 1 aromatic carbocycles. The molecular formula is C13H12F3NO4. The second-order valence-corrected chi connectivity index (χ2v) is 4.84. The van der Waals surface area contributed by atoms with Crippen LogP contribution in [-0.2, 0) is 11.0 Å². The van der Waals surface area contributed by atoms with Crippen LogP contribution in [0, 0.1) is 0 Å². The van der Waals surface area contributed by atoms with Gasteiger partial charge in [-0.2, -0.15) is 13.2 Å². The van der Waals surface area contributed by atoms with E-state index >= 15 is 0 Å². The molecule has 1 aliphatic rings. The second kappa shape index (κ2) is 5.27. The van der Waals surface area contributed by atoms with Crippen LogP contribution in [0.3, 0.4) is 0 Å². The first kappa shape index (κ1) is 15.1. The predicted molar refractivity (Wildman–Crippen MR) is 65.0 cm³/mol. The number of benzene rings is 1. The highest BCUT2D eigenvalue weighted by Gasteiger charge is 2.40. The van der Waals surface area contributed by atoms with E-state index in [-0.39, 0.29) is 13.0 Å². The Hall–Kier alpha value is -2.25. The van der Waals surface area contributed by atoms with E-state index in [2.05, 4.69) is 0 Å². The summed E-state index contributed by atoms with van der Waals surface area (Å²) >= 11 is 0. The number of likely N-dealkylation sites (tertiary alicyclic amines) is 1. The van der Waals surface area contributed by atoms with E-state index in [9.17, 15) is 22.8 Å². The lowest BCUT2D eigenvalue weighted by Crippen LogP contribution is -2.39. The van der Waals surface area contributed by atoms with Gasteiger partial charge in [-0.25, -0.2) is 9.59 Å². The minimum Gasteiger partial charge on any atom is -0.480 e. The number of carboxylic acid groups (broad SMARTS) is 2. The Kier molecular flexibility index (Phi) is 3.80. The SMILES string of the molecule is O=C(O)[C@H]1CC(c2ccc(C(F)(F)F)cc2)CN1C(=O)O. The molecule has 2 atom stereocenters. The highest BCUT2D eigenvalue weighted by Crippen LogP contribution is 2.34. The van der Waals surface area contributed by atoms with Gasteiger partial charge in [0.05, 0.1) is 5.56 Å². The minimum absolute atomic E-state index is 0.0440. The molecule has 21 heavy (non-hydrogen) atoms. The van der Waals surface area contributed by atoms with Crippen molar-refractivity contribution in [3.63, 3.8) is 0 Å². The number of carboxylic acids is 1. The van der Waals surface area contributed by atoms with Gasteiger partial charge < -0.3 is 10.2 Å². The third-order valence-electron chi connectivity index (χ3n) is 3.54. The van der Waals surface area contributed by atoms with E-state index in [0.29, 0.717) is 5.56 Å². The number of aliphatic carboxylic acids is 1. The molecule has 5 nitrogen and oxygen atoms in total. The number of carbonyl (C=O) groups is 2. The molecule has 1 heterocycles. The van der Waals surface area contributed by atoms with Crippen molar-refractivity contribution in [2.75, 3.05) is 6.54 Å². The lowest BCUT2D eigenvalue weighted by atomic mass is 9.95. The van der Waals surface area contributed by atoms with Crippen LogP contribution >= 0.6 is 0 Å². The number of hydrogen-bond acceptors (Lipinski definition) is 2. The number of alkyl halides is 3. The number of rotatable bonds is 2. The maximum absolute atomic E-state index is 12.5. The first-order chi connectivity index (χ1) is 9.70. The average Bonchev–Trinajstić information content (AvgIpc) is 2.83. The molecule has 1 amide bonds. The van der Waals surface area contributed by atoms with Crippen molar-refractivity contribution in [1.29, 1.82) is 0 Å². The van der Waals surface area contributed by atoms with Crippen LogP contribution in [-0.4, -0.2) is 39.8 Å². The number of halogens is 3. The van der Waals surface area contributed by atoms with Crippen LogP contribution in [0.4, 0.5) is 18.0 Å². The molecule has 0 saturated carbocycles. The van der Waals surface area contributed by atoms with E-state index in [0.717, 1.165) is 17.0 Å². The number of hydrogen-bond donors (Lipinski definition) is 2. The van der Waals surface area contributed by atoms with E-state index in [4.69, 9.17) is 10.2 Å². The lowest BCUT2D eigenvalue weighted by Gasteiger charge is -2.16. The van der Waals surface area contributed by atoms with E-state index < -0.39 is 35.8 Å². The molecule has 1 unspecified atom stereocenters. The molecule has 2 rings (SSSR count). The van der Waals surface area contributed by atoms with Crippen LogP contribution < -0.4 is 0 Å². The van der Waals surface area contributed by atoms with Gasteiger partial charge in [-0.1, -0.05) is 12.1 Å². The molecule has 0 radical (unpaired) electrons. The summed E-state index contributed by atoms with van der Waals surface area (Å²) in [6, 6.07) is 3.17. The summed E-state index contributed by atoms with van der Waals surface area (Å²) < 4.78 is 37.4. The van der Waals surface area contributed by atoms with Gasteiger partial charge in [0.15, 0.2) is 0 Å². The quantitative estimate of drug-likeness (QED) is 0.880. The monoisotopic (exact) mass is 303 g/mol. The average molecular weight is 303 g/mol. The summed E-state index contributed by atoms with van der Waals surface area (Å²) in [7, 11) is 0. The third-order valence-corrected chi connectivity index (χ3v) is 3.54. The molecule has 2 N–H and O–H groups in total. The first-order valence-electron chi connectivity index (χ1n) is 6.09. The van der Waals surface area contributed by atoms with Gasteiger partial charge in [0, 0.05) is 12.5 Å². The molecule has 1 aliphatic heterocycles. The Morgan fingerprint density at radius 2 is 1.71 bits per heavy atom. The fraction of sp³-hybridized carbons (Fsp3) is 0.385. The smallest absolute Gasteiger partial charge is 0.416 e. The zero-order valence-corrected chi connectivity index (χ0v) is 10.7. The Balaban J connectivity index is 2.20. The number of nitrogens with zero attached hydrogens (tertiary/aromatic N) is 1. The van der Waals surface area contributed by atoms with Crippen molar-refractivity contribution in [1.82, 2.24) is 4.90 Å². The number of amides is 1. The van der Waals surface area contributed by atoms with E-state index in [1.807, 2.05) is 0 Å². The highest BCUT2D eigenvalue weighted by molar-refractivity contribution is 5.80. The van der Waals surface area contributed by atoms with Gasteiger partial charge in [-0.3, -0.25) is 4.90 Å². The van der Waals surface area contributed by atoms with Crippen molar-refractivity contribution < 1.29 is 33.0 Å².